The lowest BCUT2D eigenvalue weighted by Crippen LogP contribution is -2.38. The minimum Gasteiger partial charge on any atom is -0.341 e. The van der Waals surface area contributed by atoms with E-state index in [1.807, 2.05) is 0 Å². The van der Waals surface area contributed by atoms with Crippen molar-refractivity contribution in [1.82, 2.24) is 14.5 Å². The van der Waals surface area contributed by atoms with Crippen molar-refractivity contribution in [2.24, 2.45) is 4.99 Å². The first-order chi connectivity index (χ1) is 14.7. The Kier molecular flexibility index (Phi) is 7.58. The van der Waals surface area contributed by atoms with Gasteiger partial charge < -0.3 is 4.90 Å². The van der Waals surface area contributed by atoms with Crippen LogP contribution in [0.1, 0.15) is 37.7 Å². The van der Waals surface area contributed by atoms with Gasteiger partial charge in [-0.1, -0.05) is 18.6 Å². The number of aliphatic imine (C=N–C) groups is 1. The van der Waals surface area contributed by atoms with Crippen LogP contribution in [-0.2, 0) is 14.8 Å². The molecule has 0 atom stereocenters. The van der Waals surface area contributed by atoms with Crippen LogP contribution in [0.4, 0.5) is 13.2 Å². The highest BCUT2D eigenvalue weighted by atomic mass is 32.2. The fourth-order valence-electron chi connectivity index (χ4n) is 3.80. The molecule has 172 valence electrons. The third-order valence-corrected chi connectivity index (χ3v) is 6.72. The van der Waals surface area contributed by atoms with E-state index >= 15 is 0 Å². The molecular formula is C20H27F3N4O3S. The number of alkyl halides is 3. The molecular weight excluding hydrogens is 433 g/mol. The molecule has 3 rings (SSSR count). The number of benzene rings is 1. The SMILES string of the molecule is O=C(CCCCCN=C1NS(=O)(=O)c2ccccc21)N1CCCN(CC(F)(F)F)CC1. The molecule has 11 heteroatoms. The predicted molar refractivity (Wildman–Crippen MR) is 110 cm³/mol. The van der Waals surface area contributed by atoms with Gasteiger partial charge in [0.15, 0.2) is 0 Å². The second kappa shape index (κ2) is 9.99. The van der Waals surface area contributed by atoms with Crippen LogP contribution >= 0.6 is 0 Å². The van der Waals surface area contributed by atoms with Gasteiger partial charge in [0.1, 0.15) is 5.84 Å². The summed E-state index contributed by atoms with van der Waals surface area (Å²) in [7, 11) is -3.54. The number of carbonyl (C=O) groups is 1. The first-order valence-electron chi connectivity index (χ1n) is 10.4. The number of hydrogen-bond acceptors (Lipinski definition) is 5. The summed E-state index contributed by atoms with van der Waals surface area (Å²) in [6, 6.07) is 6.67. The number of fused-ring (bicyclic) bond motifs is 1. The lowest BCUT2D eigenvalue weighted by Gasteiger charge is -2.22. The smallest absolute Gasteiger partial charge is 0.341 e. The molecule has 0 saturated carbocycles. The van der Waals surface area contributed by atoms with Gasteiger partial charge in [0, 0.05) is 44.7 Å². The maximum absolute atomic E-state index is 12.5. The lowest BCUT2D eigenvalue weighted by atomic mass is 10.1. The zero-order chi connectivity index (χ0) is 22.5. The molecule has 2 aliphatic heterocycles. The molecule has 1 amide bonds. The standard InChI is InChI=1S/C20H27F3N4O3S/c21-20(22,23)15-26-11-6-12-27(14-13-26)18(28)9-2-1-5-10-24-19-16-7-3-4-8-17(16)31(29,30)25-19/h3-4,7-8H,1-2,5-6,9-15H2,(H,24,25). The van der Waals surface area contributed by atoms with Crippen LogP contribution < -0.4 is 4.72 Å². The Morgan fingerprint density at radius 3 is 2.61 bits per heavy atom. The Balaban J connectivity index is 1.37. The van der Waals surface area contributed by atoms with Crippen LogP contribution in [0.15, 0.2) is 34.2 Å². The number of halogens is 3. The molecule has 0 radical (unpaired) electrons. The lowest BCUT2D eigenvalue weighted by molar-refractivity contribution is -0.145. The summed E-state index contributed by atoms with van der Waals surface area (Å²) >= 11 is 0. The number of unbranched alkanes of at least 4 members (excludes halogenated alkanes) is 2. The quantitative estimate of drug-likeness (QED) is 0.634. The summed E-state index contributed by atoms with van der Waals surface area (Å²) in [5.74, 6) is 0.317. The summed E-state index contributed by atoms with van der Waals surface area (Å²) in [4.78, 5) is 20.0. The number of nitrogens with zero attached hydrogens (tertiary/aromatic N) is 3. The number of rotatable bonds is 7. The predicted octanol–water partition coefficient (Wildman–Crippen LogP) is 2.38. The van der Waals surface area contributed by atoms with Crippen molar-refractivity contribution in [3.8, 4) is 0 Å². The van der Waals surface area contributed by atoms with Gasteiger partial charge in [-0.15, -0.1) is 0 Å². The molecule has 2 aliphatic rings. The van der Waals surface area contributed by atoms with Crippen LogP contribution in [0.2, 0.25) is 0 Å². The first kappa shape index (κ1) is 23.5. The minimum absolute atomic E-state index is 0.0300. The molecule has 31 heavy (non-hydrogen) atoms. The topological polar surface area (TPSA) is 82.1 Å². The Bertz CT molecular complexity index is 918. The molecule has 0 bridgehead atoms. The van der Waals surface area contributed by atoms with Crippen LogP contribution in [0.25, 0.3) is 0 Å². The summed E-state index contributed by atoms with van der Waals surface area (Å²) in [6.45, 7) is 0.897. The average Bonchev–Trinajstić information content (AvgIpc) is 2.83. The van der Waals surface area contributed by atoms with Crippen molar-refractivity contribution in [2.75, 3.05) is 39.3 Å². The first-order valence-corrected chi connectivity index (χ1v) is 11.9. The van der Waals surface area contributed by atoms with Crippen LogP contribution in [0, 0.1) is 0 Å². The fraction of sp³-hybridized carbons (Fsp3) is 0.600. The summed E-state index contributed by atoms with van der Waals surface area (Å²) in [5, 5.41) is 0. The van der Waals surface area contributed by atoms with Crippen LogP contribution in [0.5, 0.6) is 0 Å². The summed E-state index contributed by atoms with van der Waals surface area (Å²) < 4.78 is 64.2. The van der Waals surface area contributed by atoms with Crippen LogP contribution in [0.3, 0.4) is 0 Å². The molecule has 0 aromatic heterocycles. The molecule has 1 aromatic carbocycles. The van der Waals surface area contributed by atoms with E-state index in [2.05, 4.69) is 9.71 Å². The minimum atomic E-state index is -4.22. The summed E-state index contributed by atoms with van der Waals surface area (Å²) in [6.07, 6.45) is -1.20. The largest absolute Gasteiger partial charge is 0.401 e. The average molecular weight is 461 g/mol. The normalized spacial score (nSPS) is 20.4. The number of nitrogens with one attached hydrogen (secondary N) is 1. The monoisotopic (exact) mass is 460 g/mol. The zero-order valence-corrected chi connectivity index (χ0v) is 18.0. The Labute approximate surface area is 180 Å². The van der Waals surface area contributed by atoms with Gasteiger partial charge >= 0.3 is 6.18 Å². The van der Waals surface area contributed by atoms with E-state index in [9.17, 15) is 26.4 Å². The van der Waals surface area contributed by atoms with Crippen molar-refractivity contribution in [1.29, 1.82) is 0 Å². The Morgan fingerprint density at radius 2 is 1.84 bits per heavy atom. The zero-order valence-electron chi connectivity index (χ0n) is 17.2. The fourth-order valence-corrected chi connectivity index (χ4v) is 5.05. The van der Waals surface area contributed by atoms with E-state index in [4.69, 9.17) is 0 Å². The molecule has 1 fully saturated rings. The highest BCUT2D eigenvalue weighted by Gasteiger charge is 2.32. The molecule has 2 heterocycles. The van der Waals surface area contributed by atoms with Gasteiger partial charge in [0.05, 0.1) is 11.4 Å². The molecule has 0 aliphatic carbocycles. The maximum atomic E-state index is 12.5. The molecule has 7 nitrogen and oxygen atoms in total. The van der Waals surface area contributed by atoms with Gasteiger partial charge in [-0.2, -0.15) is 13.2 Å². The van der Waals surface area contributed by atoms with E-state index in [0.29, 0.717) is 63.3 Å². The van der Waals surface area contributed by atoms with E-state index in [1.165, 1.54) is 11.0 Å². The van der Waals surface area contributed by atoms with Gasteiger partial charge in [-0.3, -0.25) is 19.4 Å². The number of hydrogen-bond donors (Lipinski definition) is 1. The van der Waals surface area contributed by atoms with E-state index < -0.39 is 22.7 Å². The summed E-state index contributed by atoms with van der Waals surface area (Å²) in [5.41, 5.74) is 0.568. The molecule has 1 aromatic rings. The van der Waals surface area contributed by atoms with Crippen molar-refractivity contribution in [2.45, 2.75) is 43.2 Å². The van der Waals surface area contributed by atoms with E-state index in [-0.39, 0.29) is 17.3 Å². The number of amidine groups is 1. The van der Waals surface area contributed by atoms with Crippen molar-refractivity contribution < 1.29 is 26.4 Å². The van der Waals surface area contributed by atoms with E-state index in [0.717, 1.165) is 6.42 Å². The number of carbonyl (C=O) groups excluding carboxylic acids is 1. The molecule has 1 N–H and O–H groups in total. The van der Waals surface area contributed by atoms with Gasteiger partial charge in [0.2, 0.25) is 5.91 Å². The van der Waals surface area contributed by atoms with Crippen molar-refractivity contribution in [3.63, 3.8) is 0 Å². The third-order valence-electron chi connectivity index (χ3n) is 5.33. The number of sulfonamides is 1. The highest BCUT2D eigenvalue weighted by Crippen LogP contribution is 2.22. The number of amides is 1. The van der Waals surface area contributed by atoms with Crippen LogP contribution in [-0.4, -0.2) is 75.4 Å². The van der Waals surface area contributed by atoms with Crippen molar-refractivity contribution in [3.05, 3.63) is 29.8 Å². The second-order valence-electron chi connectivity index (χ2n) is 7.77. The third kappa shape index (κ3) is 6.67. The molecule has 0 unspecified atom stereocenters. The van der Waals surface area contributed by atoms with Gasteiger partial charge in [0.25, 0.3) is 10.0 Å². The highest BCUT2D eigenvalue weighted by molar-refractivity contribution is 7.90. The van der Waals surface area contributed by atoms with E-state index in [1.54, 1.807) is 23.1 Å². The van der Waals surface area contributed by atoms with Crippen molar-refractivity contribution >= 4 is 21.8 Å². The Morgan fingerprint density at radius 1 is 1.06 bits per heavy atom. The second-order valence-corrected chi connectivity index (χ2v) is 9.42. The molecule has 1 saturated heterocycles. The molecule has 0 spiro atoms. The van der Waals surface area contributed by atoms with Gasteiger partial charge in [-0.05, 0) is 31.4 Å². The Hall–Kier alpha value is -2.14. The maximum Gasteiger partial charge on any atom is 0.401 e. The van der Waals surface area contributed by atoms with Gasteiger partial charge in [-0.25, -0.2) is 8.42 Å².